The Labute approximate surface area is 181 Å². The lowest BCUT2D eigenvalue weighted by molar-refractivity contribution is -0.117. The lowest BCUT2D eigenvalue weighted by Gasteiger charge is -2.17. The summed E-state index contributed by atoms with van der Waals surface area (Å²) in [7, 11) is 4.75. The third kappa shape index (κ3) is 5.37. The number of carbonyl (C=O) groups excluding carboxylic acids is 1. The fourth-order valence-electron chi connectivity index (χ4n) is 3.16. The van der Waals surface area contributed by atoms with Gasteiger partial charge in [0.2, 0.25) is 0 Å². The van der Waals surface area contributed by atoms with Gasteiger partial charge in [-0.05, 0) is 54.0 Å². The molecule has 0 radical (unpaired) electrons. The zero-order valence-corrected chi connectivity index (χ0v) is 17.7. The fraction of sp³-hybridized carbons (Fsp3) is 0.250. The Kier molecular flexibility index (Phi) is 7.17. The molecule has 31 heavy (non-hydrogen) atoms. The van der Waals surface area contributed by atoms with Gasteiger partial charge in [0.25, 0.3) is 5.91 Å². The maximum atomic E-state index is 12.5. The maximum Gasteiger partial charge on any atom is 0.261 e. The van der Waals surface area contributed by atoms with Gasteiger partial charge in [-0.3, -0.25) is 4.79 Å². The van der Waals surface area contributed by atoms with E-state index in [9.17, 15) is 10.1 Å². The average molecular weight is 420 g/mol. The minimum atomic E-state index is -0.426. The summed E-state index contributed by atoms with van der Waals surface area (Å²) in [6, 6.07) is 13.1. The maximum absolute atomic E-state index is 12.5. The number of ether oxygens (including phenoxy) is 4. The second-order valence-corrected chi connectivity index (χ2v) is 6.78. The van der Waals surface area contributed by atoms with Gasteiger partial charge in [-0.1, -0.05) is 6.07 Å². The average Bonchev–Trinajstić information content (AvgIpc) is 2.81. The molecule has 0 unspecified atom stereocenters. The Hall–Kier alpha value is -3.92. The first-order valence-electron chi connectivity index (χ1n) is 9.70. The number of hydrogen-bond acceptors (Lipinski definition) is 6. The molecule has 0 bridgehead atoms. The van der Waals surface area contributed by atoms with Gasteiger partial charge in [-0.25, -0.2) is 0 Å². The van der Waals surface area contributed by atoms with E-state index in [0.29, 0.717) is 36.0 Å². The van der Waals surface area contributed by atoms with Gasteiger partial charge in [0.05, 0.1) is 21.3 Å². The highest BCUT2D eigenvalue weighted by Gasteiger charge is 2.15. The van der Waals surface area contributed by atoms with Crippen molar-refractivity contribution in [2.45, 2.75) is 6.42 Å². The molecule has 0 aromatic heterocycles. The molecule has 1 heterocycles. The van der Waals surface area contributed by atoms with Crippen LogP contribution in [-0.2, 0) is 11.2 Å². The Morgan fingerprint density at radius 1 is 1.13 bits per heavy atom. The van der Waals surface area contributed by atoms with Crippen molar-refractivity contribution in [3.05, 3.63) is 64.7 Å². The van der Waals surface area contributed by atoms with Crippen LogP contribution in [0.5, 0.6) is 23.0 Å². The van der Waals surface area contributed by atoms with Gasteiger partial charge in [0, 0.05) is 18.2 Å². The number of fused-ring (bicyclic) bond motifs is 1. The highest BCUT2D eigenvalue weighted by Crippen LogP contribution is 2.31. The van der Waals surface area contributed by atoms with Crippen molar-refractivity contribution >= 4 is 12.0 Å². The van der Waals surface area contributed by atoms with E-state index in [0.717, 1.165) is 16.7 Å². The molecule has 0 saturated carbocycles. The number of methoxy groups -OCH3 is 3. The summed E-state index contributed by atoms with van der Waals surface area (Å²) in [5, 5.41) is 12.2. The second-order valence-electron chi connectivity index (χ2n) is 6.78. The second kappa shape index (κ2) is 10.2. The molecule has 1 N–H and O–H groups in total. The number of carbonyl (C=O) groups is 1. The lowest BCUT2D eigenvalue weighted by atomic mass is 10.0. The van der Waals surface area contributed by atoms with Crippen LogP contribution in [0.3, 0.4) is 0 Å². The monoisotopic (exact) mass is 420 g/mol. The first-order valence-corrected chi connectivity index (χ1v) is 9.70. The number of benzene rings is 2. The zero-order valence-electron chi connectivity index (χ0n) is 17.7. The van der Waals surface area contributed by atoms with Gasteiger partial charge in [-0.15, -0.1) is 0 Å². The van der Waals surface area contributed by atoms with Crippen LogP contribution >= 0.6 is 0 Å². The van der Waals surface area contributed by atoms with E-state index >= 15 is 0 Å². The summed E-state index contributed by atoms with van der Waals surface area (Å²) < 4.78 is 21.4. The molecule has 0 aliphatic carbocycles. The van der Waals surface area contributed by atoms with E-state index in [2.05, 4.69) is 5.32 Å². The van der Waals surface area contributed by atoms with E-state index in [1.165, 1.54) is 0 Å². The molecule has 0 spiro atoms. The topological polar surface area (TPSA) is 89.8 Å². The quantitative estimate of drug-likeness (QED) is 0.521. The molecular weight excluding hydrogens is 396 g/mol. The zero-order chi connectivity index (χ0) is 22.2. The summed E-state index contributed by atoms with van der Waals surface area (Å²) >= 11 is 0. The van der Waals surface area contributed by atoms with E-state index in [1.807, 2.05) is 42.5 Å². The van der Waals surface area contributed by atoms with Crippen molar-refractivity contribution in [2.75, 3.05) is 34.5 Å². The number of hydrogen-bond donors (Lipinski definition) is 1. The van der Waals surface area contributed by atoms with Crippen molar-refractivity contribution in [3.63, 3.8) is 0 Å². The standard InChI is InChI=1S/C24H24N2O5/c1-28-20-6-5-18-10-17(15-31-22(18)13-20)11-19(14-25)24(27)26-9-8-16-4-7-21(29-2)23(12-16)30-3/h4-7,10-13H,8-9,15H2,1-3H3,(H,26,27)/b19-11+. The number of nitrogens with zero attached hydrogens (tertiary/aromatic N) is 1. The number of nitrogens with one attached hydrogen (secondary N) is 1. The molecule has 2 aromatic rings. The fourth-order valence-corrected chi connectivity index (χ4v) is 3.16. The molecular formula is C24H24N2O5. The van der Waals surface area contributed by atoms with Crippen LogP contribution in [0, 0.1) is 11.3 Å². The van der Waals surface area contributed by atoms with Crippen molar-refractivity contribution in [1.82, 2.24) is 5.32 Å². The summed E-state index contributed by atoms with van der Waals surface area (Å²) in [5.74, 6) is 2.26. The van der Waals surface area contributed by atoms with E-state index < -0.39 is 5.91 Å². The van der Waals surface area contributed by atoms with E-state index in [1.54, 1.807) is 33.5 Å². The van der Waals surface area contributed by atoms with Crippen molar-refractivity contribution < 1.29 is 23.7 Å². The van der Waals surface area contributed by atoms with Gasteiger partial charge in [0.15, 0.2) is 11.5 Å². The molecule has 3 rings (SSSR count). The predicted molar refractivity (Wildman–Crippen MR) is 116 cm³/mol. The molecule has 7 heteroatoms. The SMILES string of the molecule is COc1ccc2c(c1)OCC(/C=C(\C#N)C(=O)NCCc1ccc(OC)c(OC)c1)=C2. The third-order valence-electron chi connectivity index (χ3n) is 4.80. The molecule has 0 atom stereocenters. The summed E-state index contributed by atoms with van der Waals surface area (Å²) in [5.41, 5.74) is 2.61. The molecule has 7 nitrogen and oxygen atoms in total. The molecule has 1 aliphatic rings. The highest BCUT2D eigenvalue weighted by atomic mass is 16.5. The summed E-state index contributed by atoms with van der Waals surface area (Å²) in [4.78, 5) is 12.5. The van der Waals surface area contributed by atoms with Crippen molar-refractivity contribution in [2.24, 2.45) is 0 Å². The van der Waals surface area contributed by atoms with Gasteiger partial charge >= 0.3 is 0 Å². The molecule has 1 amide bonds. The number of nitriles is 1. The van der Waals surface area contributed by atoms with Crippen molar-refractivity contribution in [3.8, 4) is 29.1 Å². The summed E-state index contributed by atoms with van der Waals surface area (Å²) in [6.45, 7) is 0.649. The smallest absolute Gasteiger partial charge is 0.261 e. The van der Waals surface area contributed by atoms with E-state index in [-0.39, 0.29) is 12.2 Å². The van der Waals surface area contributed by atoms with Crippen molar-refractivity contribution in [1.29, 1.82) is 5.26 Å². The normalized spacial score (nSPS) is 12.6. The Balaban J connectivity index is 1.63. The predicted octanol–water partition coefficient (Wildman–Crippen LogP) is 3.30. The van der Waals surface area contributed by atoms with Crippen LogP contribution in [0.4, 0.5) is 0 Å². The molecule has 160 valence electrons. The molecule has 0 fully saturated rings. The minimum Gasteiger partial charge on any atom is -0.497 e. The lowest BCUT2D eigenvalue weighted by Crippen LogP contribution is -2.27. The third-order valence-corrected chi connectivity index (χ3v) is 4.80. The first-order chi connectivity index (χ1) is 15.1. The van der Waals surface area contributed by atoms with Crippen LogP contribution in [0.1, 0.15) is 11.1 Å². The van der Waals surface area contributed by atoms with E-state index in [4.69, 9.17) is 18.9 Å². The Morgan fingerprint density at radius 3 is 2.65 bits per heavy atom. The Morgan fingerprint density at radius 2 is 1.94 bits per heavy atom. The van der Waals surface area contributed by atoms with Crippen LogP contribution in [0.2, 0.25) is 0 Å². The Bertz CT molecular complexity index is 1070. The first kappa shape index (κ1) is 21.8. The molecule has 1 aliphatic heterocycles. The minimum absolute atomic E-state index is 0.0270. The largest absolute Gasteiger partial charge is 0.497 e. The van der Waals surface area contributed by atoms with Gasteiger partial charge < -0.3 is 24.3 Å². The van der Waals surface area contributed by atoms with Gasteiger partial charge in [0.1, 0.15) is 29.7 Å². The number of amides is 1. The van der Waals surface area contributed by atoms with Crippen LogP contribution < -0.4 is 24.3 Å². The molecule has 0 saturated heterocycles. The van der Waals surface area contributed by atoms with Gasteiger partial charge in [-0.2, -0.15) is 5.26 Å². The van der Waals surface area contributed by atoms with Crippen LogP contribution in [0.15, 0.2) is 53.6 Å². The van der Waals surface area contributed by atoms with Crippen LogP contribution in [0.25, 0.3) is 6.08 Å². The molecule has 2 aromatic carbocycles. The number of rotatable bonds is 8. The summed E-state index contributed by atoms with van der Waals surface area (Å²) in [6.07, 6.45) is 4.04. The van der Waals surface area contributed by atoms with Crippen LogP contribution in [-0.4, -0.2) is 40.4 Å². The highest BCUT2D eigenvalue weighted by molar-refractivity contribution is 5.98.